The van der Waals surface area contributed by atoms with E-state index in [2.05, 4.69) is 16.4 Å². The van der Waals surface area contributed by atoms with Crippen LogP contribution in [0.15, 0.2) is 24.3 Å². The van der Waals surface area contributed by atoms with Crippen LogP contribution >= 0.6 is 11.3 Å². The Balaban J connectivity index is 1.58. The van der Waals surface area contributed by atoms with Crippen molar-refractivity contribution in [1.82, 2.24) is 15.2 Å². The van der Waals surface area contributed by atoms with Crippen LogP contribution in [0, 0.1) is 0 Å². The fourth-order valence-electron chi connectivity index (χ4n) is 2.02. The van der Waals surface area contributed by atoms with Crippen LogP contribution in [-0.4, -0.2) is 35.4 Å². The van der Waals surface area contributed by atoms with Crippen LogP contribution in [0.1, 0.15) is 17.8 Å². The molecule has 0 spiro atoms. The number of para-hydroxylation sites is 1. The van der Waals surface area contributed by atoms with E-state index in [0.717, 1.165) is 29.9 Å². The van der Waals surface area contributed by atoms with Crippen LogP contribution in [0.4, 0.5) is 0 Å². The van der Waals surface area contributed by atoms with E-state index in [4.69, 9.17) is 0 Å². The highest BCUT2D eigenvalue weighted by Crippen LogP contribution is 2.22. The van der Waals surface area contributed by atoms with Crippen molar-refractivity contribution in [2.24, 2.45) is 0 Å². The number of hydrogen-bond donors (Lipinski definition) is 1. The van der Waals surface area contributed by atoms with E-state index >= 15 is 0 Å². The zero-order valence-corrected chi connectivity index (χ0v) is 11.7. The summed E-state index contributed by atoms with van der Waals surface area (Å²) in [7, 11) is 1.96. The van der Waals surface area contributed by atoms with Crippen molar-refractivity contribution in [3.63, 3.8) is 0 Å². The molecule has 1 heterocycles. The van der Waals surface area contributed by atoms with Crippen LogP contribution in [0.25, 0.3) is 10.2 Å². The third-order valence-corrected chi connectivity index (χ3v) is 4.12. The largest absolute Gasteiger partial charge is 0.352 e. The van der Waals surface area contributed by atoms with Crippen molar-refractivity contribution in [3.8, 4) is 0 Å². The van der Waals surface area contributed by atoms with E-state index < -0.39 is 0 Å². The molecule has 0 aliphatic heterocycles. The summed E-state index contributed by atoms with van der Waals surface area (Å²) in [6, 6.07) is 8.56. The lowest BCUT2D eigenvalue weighted by Crippen LogP contribution is -2.35. The Morgan fingerprint density at radius 2 is 2.26 bits per heavy atom. The standard InChI is InChI=1S/C14H17N3OS/c1-17(8-13(18)15-10-6-7-10)9-14-16-11-4-2-3-5-12(11)19-14/h2-5,10H,6-9H2,1H3,(H,15,18). The average Bonchev–Trinajstić information content (AvgIpc) is 3.06. The van der Waals surface area contributed by atoms with E-state index in [-0.39, 0.29) is 5.91 Å². The molecule has 100 valence electrons. The number of rotatable bonds is 5. The molecule has 1 saturated carbocycles. The molecule has 5 heteroatoms. The summed E-state index contributed by atoms with van der Waals surface area (Å²) in [4.78, 5) is 18.3. The van der Waals surface area contributed by atoms with E-state index in [1.54, 1.807) is 11.3 Å². The maximum atomic E-state index is 11.7. The molecule has 0 bridgehead atoms. The van der Waals surface area contributed by atoms with Gasteiger partial charge in [0.1, 0.15) is 5.01 Å². The molecule has 1 N–H and O–H groups in total. The molecule has 0 unspecified atom stereocenters. The number of benzene rings is 1. The number of thiazole rings is 1. The summed E-state index contributed by atoms with van der Waals surface area (Å²) in [5.74, 6) is 0.117. The highest BCUT2D eigenvalue weighted by atomic mass is 32.1. The third-order valence-electron chi connectivity index (χ3n) is 3.10. The average molecular weight is 275 g/mol. The van der Waals surface area contributed by atoms with Crippen LogP contribution < -0.4 is 5.32 Å². The van der Waals surface area contributed by atoms with Gasteiger partial charge < -0.3 is 5.32 Å². The van der Waals surface area contributed by atoms with E-state index in [0.29, 0.717) is 12.6 Å². The highest BCUT2D eigenvalue weighted by Gasteiger charge is 2.23. The Hall–Kier alpha value is -1.46. The molecule has 1 aromatic carbocycles. The van der Waals surface area contributed by atoms with Crippen LogP contribution in [-0.2, 0) is 11.3 Å². The Bertz CT molecular complexity index is 558. The zero-order valence-electron chi connectivity index (χ0n) is 10.9. The summed E-state index contributed by atoms with van der Waals surface area (Å²) in [6.07, 6.45) is 2.26. The van der Waals surface area contributed by atoms with Crippen molar-refractivity contribution < 1.29 is 4.79 Å². The first-order valence-corrected chi connectivity index (χ1v) is 7.35. The Morgan fingerprint density at radius 1 is 1.47 bits per heavy atom. The van der Waals surface area contributed by atoms with Crippen LogP contribution in [0.5, 0.6) is 0 Å². The predicted octanol–water partition coefficient (Wildman–Crippen LogP) is 2.01. The Labute approximate surface area is 116 Å². The molecule has 1 fully saturated rings. The number of aromatic nitrogens is 1. The second-order valence-electron chi connectivity index (χ2n) is 5.09. The highest BCUT2D eigenvalue weighted by molar-refractivity contribution is 7.18. The summed E-state index contributed by atoms with van der Waals surface area (Å²) >= 11 is 1.69. The Morgan fingerprint density at radius 3 is 3.00 bits per heavy atom. The quantitative estimate of drug-likeness (QED) is 0.908. The molecular formula is C14H17N3OS. The van der Waals surface area contributed by atoms with Gasteiger partial charge in [0, 0.05) is 6.04 Å². The first-order valence-electron chi connectivity index (χ1n) is 6.53. The van der Waals surface area contributed by atoms with Crippen LogP contribution in [0.3, 0.4) is 0 Å². The summed E-state index contributed by atoms with van der Waals surface area (Å²) in [5.41, 5.74) is 1.04. The van der Waals surface area contributed by atoms with Gasteiger partial charge in [-0.05, 0) is 32.0 Å². The zero-order chi connectivity index (χ0) is 13.2. The molecule has 1 aromatic heterocycles. The Kier molecular flexibility index (Phi) is 3.48. The first-order chi connectivity index (χ1) is 9.20. The van der Waals surface area contributed by atoms with Gasteiger partial charge in [-0.1, -0.05) is 12.1 Å². The molecule has 0 radical (unpaired) electrons. The second-order valence-corrected chi connectivity index (χ2v) is 6.20. The van der Waals surface area contributed by atoms with Gasteiger partial charge in [0.2, 0.25) is 5.91 Å². The summed E-state index contributed by atoms with van der Waals surface area (Å²) < 4.78 is 1.20. The molecule has 2 aromatic rings. The van der Waals surface area contributed by atoms with Crippen molar-refractivity contribution >= 4 is 27.5 Å². The maximum absolute atomic E-state index is 11.7. The van der Waals surface area contributed by atoms with E-state index in [1.807, 2.05) is 30.1 Å². The van der Waals surface area contributed by atoms with Gasteiger partial charge in [-0.2, -0.15) is 0 Å². The molecule has 0 atom stereocenters. The summed E-state index contributed by atoms with van der Waals surface area (Å²) in [6.45, 7) is 1.16. The molecule has 1 aliphatic carbocycles. The molecule has 4 nitrogen and oxygen atoms in total. The smallest absolute Gasteiger partial charge is 0.234 e. The fourth-order valence-corrected chi connectivity index (χ4v) is 3.07. The lowest BCUT2D eigenvalue weighted by molar-refractivity contribution is -0.122. The number of hydrogen-bond acceptors (Lipinski definition) is 4. The van der Waals surface area contributed by atoms with Crippen molar-refractivity contribution in [3.05, 3.63) is 29.3 Å². The van der Waals surface area contributed by atoms with Crippen molar-refractivity contribution in [2.45, 2.75) is 25.4 Å². The monoisotopic (exact) mass is 275 g/mol. The molecule has 1 amide bonds. The topological polar surface area (TPSA) is 45.2 Å². The van der Waals surface area contributed by atoms with Gasteiger partial charge in [-0.15, -0.1) is 11.3 Å². The predicted molar refractivity (Wildman–Crippen MR) is 77.1 cm³/mol. The van der Waals surface area contributed by atoms with E-state index in [9.17, 15) is 4.79 Å². The minimum Gasteiger partial charge on any atom is -0.352 e. The van der Waals surface area contributed by atoms with Gasteiger partial charge in [-0.3, -0.25) is 9.69 Å². The van der Waals surface area contributed by atoms with Crippen molar-refractivity contribution in [1.29, 1.82) is 0 Å². The number of nitrogens with one attached hydrogen (secondary N) is 1. The number of fused-ring (bicyclic) bond motifs is 1. The van der Waals surface area contributed by atoms with Gasteiger partial charge in [-0.25, -0.2) is 4.98 Å². The SMILES string of the molecule is CN(CC(=O)NC1CC1)Cc1nc2ccccc2s1. The fraction of sp³-hybridized carbons (Fsp3) is 0.429. The molecule has 1 aliphatic rings. The first kappa shape index (κ1) is 12.6. The number of amides is 1. The maximum Gasteiger partial charge on any atom is 0.234 e. The van der Waals surface area contributed by atoms with Crippen LogP contribution in [0.2, 0.25) is 0 Å². The van der Waals surface area contributed by atoms with E-state index in [1.165, 1.54) is 4.70 Å². The lowest BCUT2D eigenvalue weighted by Gasteiger charge is -2.14. The summed E-state index contributed by atoms with van der Waals surface area (Å²) in [5, 5.41) is 4.06. The van der Waals surface area contributed by atoms with Gasteiger partial charge in [0.05, 0.1) is 23.3 Å². The van der Waals surface area contributed by atoms with Gasteiger partial charge >= 0.3 is 0 Å². The second kappa shape index (κ2) is 5.27. The van der Waals surface area contributed by atoms with Gasteiger partial charge in [0.25, 0.3) is 0 Å². The number of carbonyl (C=O) groups is 1. The van der Waals surface area contributed by atoms with Crippen molar-refractivity contribution in [2.75, 3.05) is 13.6 Å². The molecule has 0 saturated heterocycles. The minimum atomic E-state index is 0.117. The lowest BCUT2D eigenvalue weighted by atomic mass is 10.3. The molecule has 19 heavy (non-hydrogen) atoms. The normalized spacial score (nSPS) is 15.1. The number of nitrogens with zero attached hydrogens (tertiary/aromatic N) is 2. The number of carbonyl (C=O) groups excluding carboxylic acids is 1. The number of likely N-dealkylation sites (N-methyl/N-ethyl adjacent to an activating group) is 1. The third kappa shape index (κ3) is 3.30. The molecule has 3 rings (SSSR count). The van der Waals surface area contributed by atoms with Gasteiger partial charge in [0.15, 0.2) is 0 Å². The molecular weight excluding hydrogens is 258 g/mol. The minimum absolute atomic E-state index is 0.117.